The van der Waals surface area contributed by atoms with Crippen molar-refractivity contribution in [3.05, 3.63) is 64.6 Å². The molecule has 1 N–H and O–H groups in total. The molecule has 0 spiro atoms. The molecule has 2 rings (SSSR count). The second kappa shape index (κ2) is 5.18. The van der Waals surface area contributed by atoms with Crippen LogP contribution in [0.5, 0.6) is 5.75 Å². The molecular formula is C13H9FN2O2. The summed E-state index contributed by atoms with van der Waals surface area (Å²) in [6.45, 7) is 0. The highest BCUT2D eigenvalue weighted by Gasteiger charge is 1.96. The Balaban J connectivity index is 2.33. The van der Waals surface area contributed by atoms with E-state index in [1.54, 1.807) is 6.07 Å². The van der Waals surface area contributed by atoms with Gasteiger partial charge in [-0.05, 0) is 24.3 Å². The van der Waals surface area contributed by atoms with Crippen molar-refractivity contribution in [2.75, 3.05) is 0 Å². The van der Waals surface area contributed by atoms with Gasteiger partial charge in [-0.2, -0.15) is 10.2 Å². The fraction of sp³-hybridized carbons (Fsp3) is 0. The number of hydrogen-bond acceptors (Lipinski definition) is 4. The molecule has 4 nitrogen and oxygen atoms in total. The van der Waals surface area contributed by atoms with Crippen LogP contribution in [0, 0.1) is 5.82 Å². The average Bonchev–Trinajstić information content (AvgIpc) is 2.50. The topological polar surface area (TPSA) is 62.0 Å². The summed E-state index contributed by atoms with van der Waals surface area (Å²) in [6.07, 6.45) is 0. The van der Waals surface area contributed by atoms with Gasteiger partial charge >= 0.3 is 0 Å². The van der Waals surface area contributed by atoms with Crippen molar-refractivity contribution >= 4 is 11.4 Å². The number of halogens is 1. The van der Waals surface area contributed by atoms with Gasteiger partial charge in [0.1, 0.15) is 5.82 Å². The molecule has 0 unspecified atom stereocenters. The highest BCUT2D eigenvalue weighted by atomic mass is 19.1. The first-order valence-corrected chi connectivity index (χ1v) is 5.16. The lowest BCUT2D eigenvalue weighted by Crippen LogP contribution is -1.91. The predicted octanol–water partition coefficient (Wildman–Crippen LogP) is 3.31. The van der Waals surface area contributed by atoms with E-state index in [9.17, 15) is 14.3 Å². The summed E-state index contributed by atoms with van der Waals surface area (Å²) in [6, 6.07) is 11.0. The van der Waals surface area contributed by atoms with Gasteiger partial charge in [0.15, 0.2) is 5.75 Å². The second-order valence-electron chi connectivity index (χ2n) is 3.52. The zero-order valence-electron chi connectivity index (χ0n) is 9.25. The molecular weight excluding hydrogens is 235 g/mol. The lowest BCUT2D eigenvalue weighted by molar-refractivity contribution is 0.471. The minimum atomic E-state index is -0.548. The monoisotopic (exact) mass is 244 g/mol. The molecule has 0 atom stereocenters. The molecule has 0 radical (unpaired) electrons. The number of azo groups is 1. The molecule has 5 heteroatoms. The van der Waals surface area contributed by atoms with Crippen LogP contribution in [-0.4, -0.2) is 5.11 Å². The van der Waals surface area contributed by atoms with Crippen molar-refractivity contribution in [3.8, 4) is 5.75 Å². The minimum absolute atomic E-state index is 0.282. The number of aromatic hydroxyl groups is 1. The highest BCUT2D eigenvalue weighted by Crippen LogP contribution is 2.17. The van der Waals surface area contributed by atoms with Gasteiger partial charge in [-0.3, -0.25) is 4.79 Å². The Hall–Kier alpha value is -2.56. The Bertz CT molecular complexity index is 656. The van der Waals surface area contributed by atoms with Gasteiger partial charge < -0.3 is 5.11 Å². The van der Waals surface area contributed by atoms with Crippen LogP contribution in [0.2, 0.25) is 0 Å². The smallest absolute Gasteiger partial charge is 0.222 e. The number of benzene rings is 1. The van der Waals surface area contributed by atoms with Crippen molar-refractivity contribution in [3.63, 3.8) is 0 Å². The Morgan fingerprint density at radius 3 is 2.22 bits per heavy atom. The lowest BCUT2D eigenvalue weighted by atomic mass is 10.3. The van der Waals surface area contributed by atoms with Gasteiger partial charge in [0.2, 0.25) is 5.43 Å². The van der Waals surface area contributed by atoms with Gasteiger partial charge in [0.25, 0.3) is 0 Å². The van der Waals surface area contributed by atoms with Crippen LogP contribution < -0.4 is 5.43 Å². The summed E-state index contributed by atoms with van der Waals surface area (Å²) in [5.41, 5.74) is 0.0796. The van der Waals surface area contributed by atoms with Crippen LogP contribution >= 0.6 is 0 Å². The van der Waals surface area contributed by atoms with E-state index in [1.165, 1.54) is 36.4 Å². The first-order valence-electron chi connectivity index (χ1n) is 5.16. The Labute approximate surface area is 102 Å². The number of rotatable bonds is 2. The Morgan fingerprint density at radius 1 is 0.944 bits per heavy atom. The van der Waals surface area contributed by atoms with E-state index in [-0.39, 0.29) is 11.4 Å². The first kappa shape index (κ1) is 11.9. The summed E-state index contributed by atoms with van der Waals surface area (Å²) < 4.78 is 12.9. The number of nitrogens with zero attached hydrogens (tertiary/aromatic N) is 2. The predicted molar refractivity (Wildman–Crippen MR) is 65.0 cm³/mol. The largest absolute Gasteiger partial charge is 0.504 e. The van der Waals surface area contributed by atoms with Crippen molar-refractivity contribution in [1.82, 2.24) is 0 Å². The van der Waals surface area contributed by atoms with Crippen LogP contribution in [0.4, 0.5) is 15.8 Å². The summed E-state index contributed by atoms with van der Waals surface area (Å²) in [7, 11) is 0. The zero-order chi connectivity index (χ0) is 13.0. The molecule has 0 fully saturated rings. The molecule has 18 heavy (non-hydrogen) atoms. The third kappa shape index (κ3) is 2.98. The third-order valence-corrected chi connectivity index (χ3v) is 2.14. The molecule has 0 bridgehead atoms. The standard InChI is InChI=1S/C13H9FN2O2/c14-9-3-1-4-10(7-9)15-16-11-5-2-6-12(17)13(18)8-11/h1-8H,(H,17,18). The van der Waals surface area contributed by atoms with E-state index in [1.807, 2.05) is 0 Å². The maximum absolute atomic E-state index is 12.9. The van der Waals surface area contributed by atoms with Crippen LogP contribution in [-0.2, 0) is 0 Å². The first-order chi connectivity index (χ1) is 8.65. The summed E-state index contributed by atoms with van der Waals surface area (Å²) in [4.78, 5) is 11.3. The van der Waals surface area contributed by atoms with Gasteiger partial charge in [0.05, 0.1) is 11.4 Å². The summed E-state index contributed by atoms with van der Waals surface area (Å²) in [5, 5.41) is 16.8. The second-order valence-corrected chi connectivity index (χ2v) is 3.52. The summed E-state index contributed by atoms with van der Waals surface area (Å²) in [5.74, 6) is -0.769. The molecule has 90 valence electrons. The maximum atomic E-state index is 12.9. The zero-order valence-corrected chi connectivity index (χ0v) is 9.25. The molecule has 0 aliphatic carbocycles. The fourth-order valence-corrected chi connectivity index (χ4v) is 1.29. The van der Waals surface area contributed by atoms with Crippen molar-refractivity contribution in [1.29, 1.82) is 0 Å². The van der Waals surface area contributed by atoms with E-state index in [0.29, 0.717) is 5.69 Å². The molecule has 0 saturated carbocycles. The fourth-order valence-electron chi connectivity index (χ4n) is 1.29. The van der Waals surface area contributed by atoms with Gasteiger partial charge in [0, 0.05) is 12.1 Å². The maximum Gasteiger partial charge on any atom is 0.222 e. The van der Waals surface area contributed by atoms with Gasteiger partial charge in [-0.1, -0.05) is 12.1 Å². The molecule has 2 aromatic carbocycles. The third-order valence-electron chi connectivity index (χ3n) is 2.14. The Kier molecular flexibility index (Phi) is 3.43. The van der Waals surface area contributed by atoms with E-state index < -0.39 is 11.2 Å². The van der Waals surface area contributed by atoms with Crippen LogP contribution in [0.25, 0.3) is 0 Å². The van der Waals surface area contributed by atoms with Gasteiger partial charge in [-0.25, -0.2) is 4.39 Å². The van der Waals surface area contributed by atoms with E-state index in [4.69, 9.17) is 0 Å². The highest BCUT2D eigenvalue weighted by molar-refractivity contribution is 5.40. The molecule has 2 aromatic rings. The lowest BCUT2D eigenvalue weighted by Gasteiger charge is -1.91. The van der Waals surface area contributed by atoms with Gasteiger partial charge in [-0.15, -0.1) is 0 Å². The van der Waals surface area contributed by atoms with Crippen molar-refractivity contribution in [2.45, 2.75) is 0 Å². The van der Waals surface area contributed by atoms with E-state index in [2.05, 4.69) is 10.2 Å². The molecule has 0 aliphatic rings. The van der Waals surface area contributed by atoms with Crippen LogP contribution in [0.15, 0.2) is 63.6 Å². The molecule has 0 saturated heterocycles. The molecule has 0 aromatic heterocycles. The normalized spacial score (nSPS) is 10.7. The quantitative estimate of drug-likeness (QED) is 0.824. The van der Waals surface area contributed by atoms with E-state index >= 15 is 0 Å². The SMILES string of the molecule is O=c1cc(N=Nc2cccc(F)c2)cccc1O. The van der Waals surface area contributed by atoms with Crippen LogP contribution in [0.3, 0.4) is 0 Å². The Morgan fingerprint density at radius 2 is 1.56 bits per heavy atom. The van der Waals surface area contributed by atoms with E-state index in [0.717, 1.165) is 6.07 Å². The number of hydrogen-bond donors (Lipinski definition) is 1. The molecule has 0 aliphatic heterocycles. The minimum Gasteiger partial charge on any atom is -0.504 e. The van der Waals surface area contributed by atoms with Crippen molar-refractivity contribution < 1.29 is 9.50 Å². The molecule has 0 amide bonds. The van der Waals surface area contributed by atoms with Crippen LogP contribution in [0.1, 0.15) is 0 Å². The molecule has 0 heterocycles. The van der Waals surface area contributed by atoms with Crippen molar-refractivity contribution in [2.24, 2.45) is 10.2 Å². The average molecular weight is 244 g/mol. The summed E-state index contributed by atoms with van der Waals surface area (Å²) >= 11 is 0.